The van der Waals surface area contributed by atoms with Crippen LogP contribution >= 0.6 is 0 Å². The lowest BCUT2D eigenvalue weighted by atomic mass is 10.1. The van der Waals surface area contributed by atoms with Crippen molar-refractivity contribution in [2.24, 2.45) is 0 Å². The van der Waals surface area contributed by atoms with E-state index in [1.54, 1.807) is 6.92 Å². The first-order valence-electron chi connectivity index (χ1n) is 6.71. The Labute approximate surface area is 121 Å². The lowest BCUT2D eigenvalue weighted by molar-refractivity contribution is -0.137. The first-order valence-corrected chi connectivity index (χ1v) is 6.71. The average Bonchev–Trinajstić information content (AvgIpc) is 2.43. The van der Waals surface area contributed by atoms with Gasteiger partial charge in [0, 0.05) is 30.9 Å². The normalized spacial score (nSPS) is 11.3. The molecular formula is C14H19F3N2O2. The van der Waals surface area contributed by atoms with E-state index < -0.39 is 17.6 Å². The molecule has 0 heterocycles. The van der Waals surface area contributed by atoms with Gasteiger partial charge in [-0.3, -0.25) is 4.79 Å². The van der Waals surface area contributed by atoms with E-state index in [-0.39, 0.29) is 17.8 Å². The summed E-state index contributed by atoms with van der Waals surface area (Å²) in [5.74, 6) is -0.553. The van der Waals surface area contributed by atoms with Crippen molar-refractivity contribution in [1.29, 1.82) is 0 Å². The minimum atomic E-state index is -4.51. The zero-order valence-electron chi connectivity index (χ0n) is 12.0. The molecule has 1 aromatic carbocycles. The number of hydrogen-bond donors (Lipinski definition) is 2. The summed E-state index contributed by atoms with van der Waals surface area (Å²) in [7, 11) is 0. The molecule has 0 aromatic heterocycles. The minimum absolute atomic E-state index is 0.0273. The van der Waals surface area contributed by atoms with Gasteiger partial charge in [0.05, 0.1) is 12.2 Å². The Morgan fingerprint density at radius 3 is 2.57 bits per heavy atom. The van der Waals surface area contributed by atoms with Gasteiger partial charge in [-0.25, -0.2) is 0 Å². The molecule has 0 atom stereocenters. The monoisotopic (exact) mass is 304 g/mol. The molecule has 4 nitrogen and oxygen atoms in total. The van der Waals surface area contributed by atoms with E-state index >= 15 is 0 Å². The largest absolute Gasteiger partial charge is 0.418 e. The molecule has 7 heteroatoms. The third-order valence-electron chi connectivity index (χ3n) is 2.69. The highest BCUT2D eigenvalue weighted by Gasteiger charge is 2.34. The number of carbonyl (C=O) groups is 1. The smallest absolute Gasteiger partial charge is 0.385 e. The van der Waals surface area contributed by atoms with Crippen molar-refractivity contribution in [2.75, 3.05) is 31.6 Å². The molecular weight excluding hydrogens is 285 g/mol. The van der Waals surface area contributed by atoms with Crippen LogP contribution < -0.4 is 10.6 Å². The summed E-state index contributed by atoms with van der Waals surface area (Å²) >= 11 is 0. The summed E-state index contributed by atoms with van der Waals surface area (Å²) in [4.78, 5) is 11.8. The van der Waals surface area contributed by atoms with Crippen LogP contribution in [0.3, 0.4) is 0 Å². The van der Waals surface area contributed by atoms with E-state index in [2.05, 4.69) is 10.6 Å². The highest BCUT2D eigenvalue weighted by molar-refractivity contribution is 5.95. The number of hydrogen-bond acceptors (Lipinski definition) is 3. The number of benzene rings is 1. The van der Waals surface area contributed by atoms with E-state index in [4.69, 9.17) is 4.74 Å². The van der Waals surface area contributed by atoms with Crippen molar-refractivity contribution in [3.05, 3.63) is 29.3 Å². The summed E-state index contributed by atoms with van der Waals surface area (Å²) in [5.41, 5.74) is -0.904. The Morgan fingerprint density at radius 1 is 1.29 bits per heavy atom. The number of rotatable bonds is 7. The van der Waals surface area contributed by atoms with Gasteiger partial charge in [0.1, 0.15) is 0 Å². The van der Waals surface area contributed by atoms with Crippen LogP contribution in [0, 0.1) is 0 Å². The van der Waals surface area contributed by atoms with Crippen LogP contribution in [0.4, 0.5) is 18.9 Å². The van der Waals surface area contributed by atoms with Crippen LogP contribution in [0.2, 0.25) is 0 Å². The molecule has 0 aliphatic heterocycles. The molecule has 0 aliphatic carbocycles. The van der Waals surface area contributed by atoms with Gasteiger partial charge in [-0.2, -0.15) is 13.2 Å². The fourth-order valence-electron chi connectivity index (χ4n) is 1.75. The summed E-state index contributed by atoms with van der Waals surface area (Å²) < 4.78 is 44.0. The van der Waals surface area contributed by atoms with Crippen molar-refractivity contribution in [1.82, 2.24) is 5.32 Å². The predicted molar refractivity (Wildman–Crippen MR) is 74.4 cm³/mol. The highest BCUT2D eigenvalue weighted by atomic mass is 19.4. The molecule has 0 radical (unpaired) electrons. The molecule has 0 saturated heterocycles. The van der Waals surface area contributed by atoms with Gasteiger partial charge >= 0.3 is 6.18 Å². The third kappa shape index (κ3) is 5.26. The van der Waals surface area contributed by atoms with Gasteiger partial charge in [0.2, 0.25) is 0 Å². The Balaban J connectivity index is 2.87. The Kier molecular flexibility index (Phi) is 6.48. The van der Waals surface area contributed by atoms with Crippen LogP contribution in [0.5, 0.6) is 0 Å². The van der Waals surface area contributed by atoms with E-state index in [9.17, 15) is 18.0 Å². The van der Waals surface area contributed by atoms with Crippen molar-refractivity contribution in [3.63, 3.8) is 0 Å². The lowest BCUT2D eigenvalue weighted by Gasteiger charge is -2.15. The van der Waals surface area contributed by atoms with Gasteiger partial charge in [-0.15, -0.1) is 0 Å². The van der Waals surface area contributed by atoms with Crippen LogP contribution in [0.25, 0.3) is 0 Å². The standard InChI is InChI=1S/C14H19F3N2O2/c1-3-18-12-6-5-10(9-11(12)14(15,16)17)13(20)19-7-8-21-4-2/h5-6,9,18H,3-4,7-8H2,1-2H3,(H,19,20). The zero-order chi connectivity index (χ0) is 15.9. The van der Waals surface area contributed by atoms with E-state index in [1.165, 1.54) is 12.1 Å². The Morgan fingerprint density at radius 2 is 2.00 bits per heavy atom. The fraction of sp³-hybridized carbons (Fsp3) is 0.500. The molecule has 2 N–H and O–H groups in total. The minimum Gasteiger partial charge on any atom is -0.385 e. The molecule has 0 bridgehead atoms. The van der Waals surface area contributed by atoms with Crippen molar-refractivity contribution in [2.45, 2.75) is 20.0 Å². The quantitative estimate of drug-likeness (QED) is 0.762. The number of nitrogens with one attached hydrogen (secondary N) is 2. The van der Waals surface area contributed by atoms with Crippen molar-refractivity contribution >= 4 is 11.6 Å². The number of anilines is 1. The van der Waals surface area contributed by atoms with E-state index in [1.807, 2.05) is 6.92 Å². The topological polar surface area (TPSA) is 50.4 Å². The van der Waals surface area contributed by atoms with Gasteiger partial charge in [-0.1, -0.05) is 0 Å². The second-order valence-corrected chi connectivity index (χ2v) is 4.24. The molecule has 1 amide bonds. The second kappa shape index (κ2) is 7.87. The van der Waals surface area contributed by atoms with E-state index in [0.717, 1.165) is 6.07 Å². The molecule has 1 rings (SSSR count). The molecule has 21 heavy (non-hydrogen) atoms. The number of amides is 1. The highest BCUT2D eigenvalue weighted by Crippen LogP contribution is 2.35. The van der Waals surface area contributed by atoms with Crippen LogP contribution in [-0.4, -0.2) is 32.2 Å². The molecule has 0 spiro atoms. The fourth-order valence-corrected chi connectivity index (χ4v) is 1.75. The molecule has 0 unspecified atom stereocenters. The Bertz CT molecular complexity index is 476. The summed E-state index contributed by atoms with van der Waals surface area (Å²) in [6.07, 6.45) is -4.51. The van der Waals surface area contributed by atoms with Crippen LogP contribution in [0.15, 0.2) is 18.2 Å². The SMILES string of the molecule is CCNc1ccc(C(=O)NCCOCC)cc1C(F)(F)F. The van der Waals surface area contributed by atoms with E-state index in [0.29, 0.717) is 19.8 Å². The second-order valence-electron chi connectivity index (χ2n) is 4.24. The summed E-state index contributed by atoms with van der Waals surface area (Å²) in [6, 6.07) is 3.49. The maximum atomic E-state index is 13.0. The molecule has 118 valence electrons. The summed E-state index contributed by atoms with van der Waals surface area (Å²) in [6.45, 7) is 4.98. The average molecular weight is 304 g/mol. The van der Waals surface area contributed by atoms with Crippen molar-refractivity contribution < 1.29 is 22.7 Å². The predicted octanol–water partition coefficient (Wildman–Crippen LogP) is 2.90. The molecule has 0 fully saturated rings. The molecule has 0 saturated carbocycles. The van der Waals surface area contributed by atoms with Crippen LogP contribution in [0.1, 0.15) is 29.8 Å². The van der Waals surface area contributed by atoms with Gasteiger partial charge < -0.3 is 15.4 Å². The zero-order valence-corrected chi connectivity index (χ0v) is 12.0. The summed E-state index contributed by atoms with van der Waals surface area (Å²) in [5, 5.41) is 5.15. The maximum Gasteiger partial charge on any atom is 0.418 e. The van der Waals surface area contributed by atoms with Gasteiger partial charge in [0.25, 0.3) is 5.91 Å². The number of carbonyl (C=O) groups excluding carboxylic acids is 1. The first-order chi connectivity index (χ1) is 9.90. The van der Waals surface area contributed by atoms with Crippen molar-refractivity contribution in [3.8, 4) is 0 Å². The van der Waals surface area contributed by atoms with Crippen LogP contribution in [-0.2, 0) is 10.9 Å². The number of ether oxygens (including phenoxy) is 1. The molecule has 1 aromatic rings. The van der Waals surface area contributed by atoms with Gasteiger partial charge in [0.15, 0.2) is 0 Å². The molecule has 0 aliphatic rings. The lowest BCUT2D eigenvalue weighted by Crippen LogP contribution is -2.27. The third-order valence-corrected chi connectivity index (χ3v) is 2.69. The Hall–Kier alpha value is -1.76. The maximum absolute atomic E-state index is 13.0. The first kappa shape index (κ1) is 17.3. The number of alkyl halides is 3. The number of halogens is 3. The van der Waals surface area contributed by atoms with Gasteiger partial charge in [-0.05, 0) is 32.0 Å².